The number of benzene rings is 2. The molecule has 2 aromatic rings. The van der Waals surface area contributed by atoms with Crippen molar-refractivity contribution in [2.45, 2.75) is 124 Å². The van der Waals surface area contributed by atoms with Crippen LogP contribution in [0.3, 0.4) is 0 Å². The molecule has 0 radical (unpaired) electrons. The quantitative estimate of drug-likeness (QED) is 0.197. The van der Waals surface area contributed by atoms with Crippen molar-refractivity contribution < 1.29 is 19.2 Å². The van der Waals surface area contributed by atoms with Crippen LogP contribution >= 0.6 is 0 Å². The van der Waals surface area contributed by atoms with Gasteiger partial charge < -0.3 is 0 Å². The van der Waals surface area contributed by atoms with E-state index in [1.807, 2.05) is 27.7 Å². The van der Waals surface area contributed by atoms with E-state index in [2.05, 4.69) is 51.1 Å². The second-order valence-corrected chi connectivity index (χ2v) is 11.9. The van der Waals surface area contributed by atoms with Gasteiger partial charge in [-0.25, -0.2) is 0 Å². The van der Waals surface area contributed by atoms with Crippen LogP contribution in [0.5, 0.6) is 0 Å². The van der Waals surface area contributed by atoms with Crippen LogP contribution in [0.4, 0.5) is 0 Å². The Kier molecular flexibility index (Phi) is 12.3. The average Bonchev–Trinajstić information content (AvgIpc) is 2.95. The summed E-state index contributed by atoms with van der Waals surface area (Å²) in [4.78, 5) is 33.4. The monoisotopic (exact) mass is 598 g/mol. The van der Waals surface area contributed by atoms with Crippen LogP contribution in [-0.4, -0.2) is 32.6 Å². The number of rotatable bonds is 6. The minimum Gasteiger partial charge on any atom is -0.294 e. The Morgan fingerprint density at radius 3 is 1.18 bits per heavy atom. The first-order chi connectivity index (χ1) is 19.3. The highest BCUT2D eigenvalue weighted by atomic mass is 16.1. The molecule has 0 heterocycles. The van der Waals surface area contributed by atoms with Crippen molar-refractivity contribution in [1.82, 2.24) is 0 Å². The van der Waals surface area contributed by atoms with E-state index >= 15 is 0 Å². The fraction of sp³-hybridized carbons (Fsp3) is 0.474. The summed E-state index contributed by atoms with van der Waals surface area (Å²) in [6, 6.07) is 0. The summed E-state index contributed by atoms with van der Waals surface area (Å²) in [7, 11) is 0. The van der Waals surface area contributed by atoms with Crippen molar-refractivity contribution >= 4 is 34.1 Å². The third kappa shape index (κ3) is 5.89. The Hall–Kier alpha value is -3.98. The lowest BCUT2D eigenvalue weighted by molar-refractivity contribution is -0.118. The molecule has 4 rings (SSSR count). The molecule has 0 aliphatic heterocycles. The first-order valence-electron chi connectivity index (χ1n) is 14.4. The third-order valence-corrected chi connectivity index (χ3v) is 9.87. The van der Waals surface area contributed by atoms with Gasteiger partial charge in [0, 0.05) is 37.8 Å². The van der Waals surface area contributed by atoms with Gasteiger partial charge in [-0.15, -0.1) is 0 Å². The zero-order valence-corrected chi connectivity index (χ0v) is 26.2. The van der Waals surface area contributed by atoms with E-state index in [1.165, 1.54) is 44.5 Å². The Morgan fingerprint density at radius 1 is 0.568 bits per heavy atom. The highest BCUT2D eigenvalue weighted by Gasteiger charge is 2.34. The molecule has 0 atom stereocenters. The van der Waals surface area contributed by atoms with E-state index < -0.39 is 0 Å². The largest absolute Gasteiger partial charge is 0.346 e. The normalized spacial score (nSPS) is 13.6. The Bertz CT molecular complexity index is 1610. The minimum absolute atomic E-state index is 0. The predicted octanol–water partition coefficient (Wildman–Crippen LogP) is 8.82. The predicted molar refractivity (Wildman–Crippen MR) is 183 cm³/mol. The molecule has 0 saturated carbocycles. The number of Topliss-reactive ketones (excluding diaryl/α,β-unsaturated/α-hetero) is 2. The summed E-state index contributed by atoms with van der Waals surface area (Å²) in [6.07, 6.45) is 3.52. The summed E-state index contributed by atoms with van der Waals surface area (Å²) >= 11 is 0. The number of ketones is 2. The number of hydrogen-bond donors (Lipinski definition) is 2. The molecule has 44 heavy (non-hydrogen) atoms. The second-order valence-electron chi connectivity index (χ2n) is 11.9. The molecule has 0 fully saturated rings. The fourth-order valence-electron chi connectivity index (χ4n) is 7.15. The molecule has 236 valence electrons. The summed E-state index contributed by atoms with van der Waals surface area (Å²) < 4.78 is 0. The molecule has 0 unspecified atom stereocenters. The van der Waals surface area contributed by atoms with Crippen molar-refractivity contribution in [2.75, 3.05) is 0 Å². The van der Waals surface area contributed by atoms with Crippen molar-refractivity contribution in [2.24, 2.45) is 0 Å². The molecule has 2 aliphatic carbocycles. The average molecular weight is 599 g/mol. The van der Waals surface area contributed by atoms with Crippen LogP contribution in [0.1, 0.15) is 123 Å². The summed E-state index contributed by atoms with van der Waals surface area (Å²) in [6.45, 7) is 20.2. The van der Waals surface area contributed by atoms with Crippen LogP contribution in [0.25, 0.3) is 11.1 Å². The molecule has 2 aliphatic rings. The number of nitrogens with zero attached hydrogens (tertiary/aromatic N) is 2. The molecule has 6 nitrogen and oxygen atoms in total. The van der Waals surface area contributed by atoms with Crippen molar-refractivity contribution in [3.63, 3.8) is 0 Å². The van der Waals surface area contributed by atoms with Gasteiger partial charge in [-0.05, 0) is 141 Å². The third-order valence-electron chi connectivity index (χ3n) is 9.87. The molecule has 2 N–H and O–H groups in total. The molecule has 6 heteroatoms. The van der Waals surface area contributed by atoms with Gasteiger partial charge in [0.25, 0.3) is 0 Å². The fourth-order valence-corrected chi connectivity index (χ4v) is 7.15. The van der Waals surface area contributed by atoms with Gasteiger partial charge in [-0.1, -0.05) is 22.3 Å². The lowest BCUT2D eigenvalue weighted by atomic mass is 9.75. The van der Waals surface area contributed by atoms with Crippen LogP contribution in [-0.2, 0) is 35.3 Å². The maximum Gasteiger partial charge on any atom is 0.346 e. The Morgan fingerprint density at radius 2 is 0.886 bits per heavy atom. The maximum atomic E-state index is 13.0. The smallest absolute Gasteiger partial charge is 0.294 e. The number of nitrogens with one attached hydrogen (secondary N) is 2. The SMILES string of the molecule is C.C.C.CC(=[N+]=N)C1=C(C)C(=O)Cc2c(C)c(CCCc3c(C)c(C)c4c(c3C)CC(=O)C(C)=C4C(C)=[N+]=N)c(C)c(C)c21. The van der Waals surface area contributed by atoms with Crippen molar-refractivity contribution in [1.29, 1.82) is 11.1 Å². The number of carbonyl (C=O) groups excluding carboxylic acids is 2. The Balaban J connectivity index is 0.00000323. The topological polar surface area (TPSA) is 110 Å². The summed E-state index contributed by atoms with van der Waals surface area (Å²) in [5.41, 5.74) is 33.5. The number of allylic oxidation sites excluding steroid dienone is 4. The van der Waals surface area contributed by atoms with E-state index in [-0.39, 0.29) is 33.8 Å². The van der Waals surface area contributed by atoms with Gasteiger partial charge in [-0.3, -0.25) is 9.59 Å². The van der Waals surface area contributed by atoms with Crippen LogP contribution in [0.2, 0.25) is 0 Å². The first kappa shape index (κ1) is 38.0. The van der Waals surface area contributed by atoms with Gasteiger partial charge >= 0.3 is 11.4 Å². The summed E-state index contributed by atoms with van der Waals surface area (Å²) in [5, 5.41) is 0. The zero-order chi connectivity index (χ0) is 30.5. The van der Waals surface area contributed by atoms with E-state index in [4.69, 9.17) is 11.1 Å². The number of hydrogen-bond acceptors (Lipinski definition) is 4. The second kappa shape index (κ2) is 14.2. The van der Waals surface area contributed by atoms with Gasteiger partial charge in [0.15, 0.2) is 11.6 Å². The van der Waals surface area contributed by atoms with E-state index in [1.54, 1.807) is 0 Å². The molecule has 0 aromatic heterocycles. The molecule has 2 aromatic carbocycles. The summed E-state index contributed by atoms with van der Waals surface area (Å²) in [5.74, 6) is 0.208. The van der Waals surface area contributed by atoms with Gasteiger partial charge in [0.05, 0.1) is 31.8 Å². The molecule has 0 saturated heterocycles. The van der Waals surface area contributed by atoms with Crippen molar-refractivity contribution in [3.8, 4) is 0 Å². The number of carbonyl (C=O) groups is 2. The lowest BCUT2D eigenvalue weighted by Gasteiger charge is -2.27. The molecule has 0 bridgehead atoms. The van der Waals surface area contributed by atoms with E-state index in [0.29, 0.717) is 35.4 Å². The highest BCUT2D eigenvalue weighted by molar-refractivity contribution is 6.29. The van der Waals surface area contributed by atoms with E-state index in [9.17, 15) is 9.59 Å². The van der Waals surface area contributed by atoms with Crippen LogP contribution in [0, 0.1) is 52.6 Å². The first-order valence-corrected chi connectivity index (χ1v) is 14.4. The minimum atomic E-state index is 0. The van der Waals surface area contributed by atoms with Gasteiger partial charge in [0.2, 0.25) is 0 Å². The van der Waals surface area contributed by atoms with Gasteiger partial charge in [-0.2, -0.15) is 0 Å². The molecule has 0 amide bonds. The molecular weight excluding hydrogens is 544 g/mol. The highest BCUT2D eigenvalue weighted by Crippen LogP contribution is 2.40. The number of fused-ring (bicyclic) bond motifs is 2. The Labute approximate surface area is 265 Å². The maximum absolute atomic E-state index is 13.0. The van der Waals surface area contributed by atoms with E-state index in [0.717, 1.165) is 52.7 Å². The van der Waals surface area contributed by atoms with Gasteiger partial charge in [0.1, 0.15) is 0 Å². The molecule has 0 spiro atoms. The zero-order valence-electron chi connectivity index (χ0n) is 26.2. The lowest BCUT2D eigenvalue weighted by Crippen LogP contribution is -2.22. The van der Waals surface area contributed by atoms with Crippen molar-refractivity contribution in [3.05, 3.63) is 77.9 Å². The van der Waals surface area contributed by atoms with Crippen LogP contribution < -0.4 is 0 Å². The standard InChI is InChI=1S/C35H42N4O2.3CH4/c1-16-18(3)34-28(14-30(40)22(7)32(34)24(9)38-36)20(5)26(16)12-11-13-27-17(2)19(4)35-29(21(27)6)15-31(41)23(8)33(35)25(10)39-37;;;/h36-37H,11-15H2,1-10H3;3*1H4/q+2;;;. The molecular formula is C38H54N4O2+2. The van der Waals surface area contributed by atoms with Crippen LogP contribution in [0.15, 0.2) is 11.1 Å².